The van der Waals surface area contributed by atoms with Gasteiger partial charge in [-0.3, -0.25) is 9.59 Å². The van der Waals surface area contributed by atoms with Gasteiger partial charge in [-0.1, -0.05) is 49.1 Å². The Morgan fingerprint density at radius 2 is 1.84 bits per heavy atom. The fourth-order valence-electron chi connectivity index (χ4n) is 3.03. The van der Waals surface area contributed by atoms with E-state index in [1.165, 1.54) is 6.08 Å². The van der Waals surface area contributed by atoms with E-state index in [1.54, 1.807) is 54.3 Å². The first kappa shape index (κ1) is 22.6. The van der Waals surface area contributed by atoms with Crippen LogP contribution in [-0.4, -0.2) is 24.2 Å². The molecule has 2 aromatic carbocycles. The average Bonchev–Trinajstić information content (AvgIpc) is 2.82. The zero-order chi connectivity index (χ0) is 22.8. The van der Waals surface area contributed by atoms with Crippen molar-refractivity contribution >= 4 is 12.0 Å². The van der Waals surface area contributed by atoms with Gasteiger partial charge in [-0.25, -0.2) is 0 Å². The van der Waals surface area contributed by atoms with Gasteiger partial charge >= 0.3 is 0 Å². The van der Waals surface area contributed by atoms with Gasteiger partial charge in [0.25, 0.3) is 5.56 Å². The van der Waals surface area contributed by atoms with E-state index >= 15 is 0 Å². The number of hydrogen-bond donors (Lipinski definition) is 1. The third-order valence-electron chi connectivity index (χ3n) is 4.71. The molecule has 0 atom stereocenters. The minimum Gasteiger partial charge on any atom is -0.493 e. The lowest BCUT2D eigenvalue weighted by atomic mass is 10.1. The summed E-state index contributed by atoms with van der Waals surface area (Å²) >= 11 is 0. The van der Waals surface area contributed by atoms with E-state index < -0.39 is 0 Å². The second-order valence-electron chi connectivity index (χ2n) is 7.04. The van der Waals surface area contributed by atoms with Crippen molar-refractivity contribution in [3.05, 3.63) is 113 Å². The predicted octanol–water partition coefficient (Wildman–Crippen LogP) is 3.80. The van der Waals surface area contributed by atoms with E-state index in [2.05, 4.69) is 11.9 Å². The van der Waals surface area contributed by atoms with Crippen LogP contribution in [0.5, 0.6) is 11.5 Å². The smallest absolute Gasteiger partial charge is 0.250 e. The highest BCUT2D eigenvalue weighted by molar-refractivity contribution is 5.91. The molecule has 3 rings (SSSR count). The SMILES string of the molecule is C=CCOc1ccc(/C=C/C(=O)NCc2ccc(Cn3ccccc3=O)cc2)cc1OC. The Bertz CT molecular complexity index is 1150. The van der Waals surface area contributed by atoms with Gasteiger partial charge in [0.1, 0.15) is 6.61 Å². The average molecular weight is 431 g/mol. The molecule has 0 saturated heterocycles. The lowest BCUT2D eigenvalue weighted by Crippen LogP contribution is -2.20. The molecular weight excluding hydrogens is 404 g/mol. The third-order valence-corrected chi connectivity index (χ3v) is 4.71. The molecule has 0 unspecified atom stereocenters. The number of nitrogens with zero attached hydrogens (tertiary/aromatic N) is 1. The Labute approximate surface area is 187 Å². The quantitative estimate of drug-likeness (QED) is 0.392. The number of methoxy groups -OCH3 is 1. The molecule has 0 aliphatic rings. The third kappa shape index (κ3) is 6.47. The Balaban J connectivity index is 1.53. The summed E-state index contributed by atoms with van der Waals surface area (Å²) in [4.78, 5) is 24.0. The van der Waals surface area contributed by atoms with Crippen molar-refractivity contribution in [2.45, 2.75) is 13.1 Å². The van der Waals surface area contributed by atoms with Crippen LogP contribution in [0.2, 0.25) is 0 Å². The first-order valence-electron chi connectivity index (χ1n) is 10.2. The van der Waals surface area contributed by atoms with Crippen molar-refractivity contribution < 1.29 is 14.3 Å². The number of ether oxygens (including phenoxy) is 2. The summed E-state index contributed by atoms with van der Waals surface area (Å²) in [6.45, 7) is 4.94. The van der Waals surface area contributed by atoms with Crippen molar-refractivity contribution in [3.8, 4) is 11.5 Å². The van der Waals surface area contributed by atoms with Gasteiger partial charge in [0.2, 0.25) is 5.91 Å². The number of aromatic nitrogens is 1. The summed E-state index contributed by atoms with van der Waals surface area (Å²) in [7, 11) is 1.57. The molecule has 0 radical (unpaired) electrons. The molecule has 0 aliphatic carbocycles. The van der Waals surface area contributed by atoms with E-state index in [4.69, 9.17) is 9.47 Å². The lowest BCUT2D eigenvalue weighted by molar-refractivity contribution is -0.116. The Morgan fingerprint density at radius 1 is 1.06 bits per heavy atom. The normalized spacial score (nSPS) is 10.7. The van der Waals surface area contributed by atoms with E-state index in [-0.39, 0.29) is 11.5 Å². The molecule has 0 aliphatic heterocycles. The van der Waals surface area contributed by atoms with Crippen LogP contribution < -0.4 is 20.3 Å². The molecular formula is C26H26N2O4. The van der Waals surface area contributed by atoms with Crippen LogP contribution in [0.15, 0.2) is 90.4 Å². The summed E-state index contributed by atoms with van der Waals surface area (Å²) in [6.07, 6.45) is 6.63. The van der Waals surface area contributed by atoms with Crippen LogP contribution >= 0.6 is 0 Å². The van der Waals surface area contributed by atoms with Gasteiger partial charge in [0, 0.05) is 24.9 Å². The Hall–Kier alpha value is -4.06. The summed E-state index contributed by atoms with van der Waals surface area (Å²) in [5.41, 5.74) is 2.78. The number of benzene rings is 2. The number of rotatable bonds is 10. The lowest BCUT2D eigenvalue weighted by Gasteiger charge is -2.09. The number of carbonyl (C=O) groups excluding carboxylic acids is 1. The van der Waals surface area contributed by atoms with E-state index in [1.807, 2.05) is 36.4 Å². The molecule has 6 nitrogen and oxygen atoms in total. The number of nitrogens with one attached hydrogen (secondary N) is 1. The first-order valence-corrected chi connectivity index (χ1v) is 10.2. The monoisotopic (exact) mass is 430 g/mol. The summed E-state index contributed by atoms with van der Waals surface area (Å²) in [6, 6.07) is 18.4. The molecule has 0 spiro atoms. The van der Waals surface area contributed by atoms with Gasteiger partial charge in [0.15, 0.2) is 11.5 Å². The molecule has 32 heavy (non-hydrogen) atoms. The fraction of sp³-hybridized carbons (Fsp3) is 0.154. The van der Waals surface area contributed by atoms with Crippen LogP contribution in [-0.2, 0) is 17.9 Å². The Morgan fingerprint density at radius 3 is 2.56 bits per heavy atom. The molecule has 0 bridgehead atoms. The van der Waals surface area contributed by atoms with Gasteiger partial charge in [-0.2, -0.15) is 0 Å². The standard InChI is InChI=1S/C26H26N2O4/c1-3-16-32-23-13-11-20(17-24(23)31-2)12-14-25(29)27-18-21-7-9-22(10-8-21)19-28-15-5-4-6-26(28)30/h3-15,17H,1,16,18-19H2,2H3,(H,27,29)/b14-12+. The zero-order valence-electron chi connectivity index (χ0n) is 18.0. The summed E-state index contributed by atoms with van der Waals surface area (Å²) in [5, 5.41) is 2.87. The van der Waals surface area contributed by atoms with Crippen LogP contribution in [0.4, 0.5) is 0 Å². The molecule has 1 amide bonds. The van der Waals surface area contributed by atoms with Gasteiger partial charge in [-0.15, -0.1) is 0 Å². The molecule has 1 heterocycles. The molecule has 3 aromatic rings. The summed E-state index contributed by atoms with van der Waals surface area (Å²) in [5.74, 6) is 1.01. The van der Waals surface area contributed by atoms with Crippen molar-refractivity contribution in [2.75, 3.05) is 13.7 Å². The van der Waals surface area contributed by atoms with Crippen molar-refractivity contribution in [1.29, 1.82) is 0 Å². The molecule has 1 N–H and O–H groups in total. The number of amides is 1. The first-order chi connectivity index (χ1) is 15.6. The highest BCUT2D eigenvalue weighted by Crippen LogP contribution is 2.28. The minimum atomic E-state index is -0.198. The van der Waals surface area contributed by atoms with Gasteiger partial charge in [-0.05, 0) is 41.0 Å². The maximum Gasteiger partial charge on any atom is 0.250 e. The van der Waals surface area contributed by atoms with Crippen LogP contribution in [0, 0.1) is 0 Å². The number of pyridine rings is 1. The number of hydrogen-bond acceptors (Lipinski definition) is 4. The zero-order valence-corrected chi connectivity index (χ0v) is 18.0. The second-order valence-corrected chi connectivity index (χ2v) is 7.04. The second kappa shape index (κ2) is 11.4. The van der Waals surface area contributed by atoms with Gasteiger partial charge < -0.3 is 19.4 Å². The minimum absolute atomic E-state index is 0.0350. The predicted molar refractivity (Wildman–Crippen MR) is 126 cm³/mol. The maximum absolute atomic E-state index is 12.2. The van der Waals surface area contributed by atoms with Gasteiger partial charge in [0.05, 0.1) is 13.7 Å². The van der Waals surface area contributed by atoms with E-state index in [9.17, 15) is 9.59 Å². The summed E-state index contributed by atoms with van der Waals surface area (Å²) < 4.78 is 12.5. The van der Waals surface area contributed by atoms with E-state index in [0.717, 1.165) is 16.7 Å². The van der Waals surface area contributed by atoms with Crippen molar-refractivity contribution in [1.82, 2.24) is 9.88 Å². The van der Waals surface area contributed by atoms with Crippen LogP contribution in [0.25, 0.3) is 6.08 Å². The van der Waals surface area contributed by atoms with Crippen molar-refractivity contribution in [3.63, 3.8) is 0 Å². The Kier molecular flexibility index (Phi) is 8.03. The fourth-order valence-corrected chi connectivity index (χ4v) is 3.03. The van der Waals surface area contributed by atoms with Crippen LogP contribution in [0.3, 0.4) is 0 Å². The molecule has 6 heteroatoms. The van der Waals surface area contributed by atoms with Crippen molar-refractivity contribution in [2.24, 2.45) is 0 Å². The molecule has 0 fully saturated rings. The molecule has 164 valence electrons. The molecule has 1 aromatic heterocycles. The number of carbonyl (C=O) groups is 1. The van der Waals surface area contributed by atoms with Crippen LogP contribution in [0.1, 0.15) is 16.7 Å². The maximum atomic E-state index is 12.2. The topological polar surface area (TPSA) is 69.6 Å². The highest BCUT2D eigenvalue weighted by Gasteiger charge is 2.05. The largest absolute Gasteiger partial charge is 0.493 e. The van der Waals surface area contributed by atoms with E-state index in [0.29, 0.717) is 31.2 Å². The highest BCUT2D eigenvalue weighted by atomic mass is 16.5. The molecule has 0 saturated carbocycles.